The molecule has 0 bridgehead atoms. The molecule has 0 N–H and O–H groups in total. The summed E-state index contributed by atoms with van der Waals surface area (Å²) in [5.74, 6) is -0.227. The SMILES string of the molecule is O=[C]c1ccc2c(c1)OC(F)(F)O2. The highest BCUT2D eigenvalue weighted by Crippen LogP contribution is 2.40. The molecule has 1 aliphatic rings. The van der Waals surface area contributed by atoms with Crippen molar-refractivity contribution in [2.45, 2.75) is 6.29 Å². The lowest BCUT2D eigenvalue weighted by atomic mass is 10.2. The number of hydrogen-bond acceptors (Lipinski definition) is 3. The minimum atomic E-state index is -3.64. The van der Waals surface area contributed by atoms with Crippen LogP contribution in [0.4, 0.5) is 8.78 Å². The van der Waals surface area contributed by atoms with Gasteiger partial charge in [0.2, 0.25) is 6.29 Å². The summed E-state index contributed by atoms with van der Waals surface area (Å²) in [7, 11) is 0. The van der Waals surface area contributed by atoms with Gasteiger partial charge in [0.05, 0.1) is 0 Å². The third kappa shape index (κ3) is 1.32. The van der Waals surface area contributed by atoms with Gasteiger partial charge in [0.15, 0.2) is 11.5 Å². The summed E-state index contributed by atoms with van der Waals surface area (Å²) in [5.41, 5.74) is 0.139. The number of alkyl halides is 2. The molecule has 1 aromatic carbocycles. The standard InChI is InChI=1S/C8H3F2O3/c9-8(10)12-6-2-1-5(4-11)3-7(6)13-8/h1-3H. The van der Waals surface area contributed by atoms with Gasteiger partial charge in [-0.2, -0.15) is 0 Å². The maximum Gasteiger partial charge on any atom is 0.586 e. The molecule has 2 rings (SSSR count). The molecule has 0 fully saturated rings. The Kier molecular flexibility index (Phi) is 1.48. The van der Waals surface area contributed by atoms with Crippen LogP contribution in [0.3, 0.4) is 0 Å². The maximum absolute atomic E-state index is 12.4. The molecule has 5 heteroatoms. The molecular weight excluding hydrogens is 182 g/mol. The summed E-state index contributed by atoms with van der Waals surface area (Å²) < 4.78 is 33.1. The largest absolute Gasteiger partial charge is 0.586 e. The fourth-order valence-corrected chi connectivity index (χ4v) is 1.01. The van der Waals surface area contributed by atoms with Gasteiger partial charge in [-0.3, -0.25) is 4.79 Å². The van der Waals surface area contributed by atoms with Crippen LogP contribution >= 0.6 is 0 Å². The summed E-state index contributed by atoms with van der Waals surface area (Å²) in [6.45, 7) is 0. The summed E-state index contributed by atoms with van der Waals surface area (Å²) in [4.78, 5) is 10.2. The predicted molar refractivity (Wildman–Crippen MR) is 37.4 cm³/mol. The molecule has 1 aromatic rings. The van der Waals surface area contributed by atoms with Gasteiger partial charge in [0.25, 0.3) is 0 Å². The van der Waals surface area contributed by atoms with Crippen molar-refractivity contribution in [1.29, 1.82) is 0 Å². The minimum absolute atomic E-state index is 0.0796. The first-order valence-electron chi connectivity index (χ1n) is 3.39. The number of benzene rings is 1. The van der Waals surface area contributed by atoms with Crippen molar-refractivity contribution in [2.24, 2.45) is 0 Å². The average Bonchev–Trinajstić information content (AvgIpc) is 2.36. The predicted octanol–water partition coefficient (Wildman–Crippen LogP) is 1.47. The van der Waals surface area contributed by atoms with Crippen molar-refractivity contribution < 1.29 is 23.0 Å². The van der Waals surface area contributed by atoms with Gasteiger partial charge in [-0.15, -0.1) is 8.78 Å². The van der Waals surface area contributed by atoms with Crippen molar-refractivity contribution in [3.05, 3.63) is 23.8 Å². The maximum atomic E-state index is 12.4. The molecule has 1 aliphatic heterocycles. The molecule has 0 aliphatic carbocycles. The van der Waals surface area contributed by atoms with E-state index in [0.717, 1.165) is 6.07 Å². The van der Waals surface area contributed by atoms with Crippen LogP contribution in [-0.4, -0.2) is 12.6 Å². The van der Waals surface area contributed by atoms with Crippen LogP contribution in [0.2, 0.25) is 0 Å². The number of fused-ring (bicyclic) bond motifs is 1. The van der Waals surface area contributed by atoms with E-state index in [0.29, 0.717) is 0 Å². The second-order valence-corrected chi connectivity index (χ2v) is 2.43. The second kappa shape index (κ2) is 2.42. The third-order valence-corrected chi connectivity index (χ3v) is 1.52. The normalized spacial score (nSPS) is 17.1. The molecule has 0 saturated carbocycles. The Balaban J connectivity index is 2.41. The van der Waals surface area contributed by atoms with Gasteiger partial charge >= 0.3 is 6.29 Å². The molecule has 1 radical (unpaired) electrons. The van der Waals surface area contributed by atoms with Crippen molar-refractivity contribution in [3.8, 4) is 11.5 Å². The Morgan fingerprint density at radius 1 is 1.23 bits per heavy atom. The number of carbonyl (C=O) groups excluding carboxylic acids is 1. The van der Waals surface area contributed by atoms with Crippen molar-refractivity contribution in [3.63, 3.8) is 0 Å². The molecule has 0 spiro atoms. The summed E-state index contributed by atoms with van der Waals surface area (Å²) in [6, 6.07) is 3.69. The van der Waals surface area contributed by atoms with E-state index >= 15 is 0 Å². The minimum Gasteiger partial charge on any atom is -0.395 e. The van der Waals surface area contributed by atoms with Crippen LogP contribution in [0.5, 0.6) is 11.5 Å². The Morgan fingerprint density at radius 3 is 2.62 bits per heavy atom. The fraction of sp³-hybridized carbons (Fsp3) is 0.125. The van der Waals surface area contributed by atoms with Crippen LogP contribution < -0.4 is 9.47 Å². The molecule has 0 atom stereocenters. The summed E-state index contributed by atoms with van der Waals surface area (Å²) in [5, 5.41) is 0. The van der Waals surface area contributed by atoms with Crippen LogP contribution in [-0.2, 0) is 4.79 Å². The van der Waals surface area contributed by atoms with Gasteiger partial charge in [0.1, 0.15) is 0 Å². The van der Waals surface area contributed by atoms with Gasteiger partial charge in [-0.1, -0.05) is 0 Å². The average molecular weight is 185 g/mol. The Labute approximate surface area is 71.9 Å². The van der Waals surface area contributed by atoms with Crippen molar-refractivity contribution in [1.82, 2.24) is 0 Å². The molecule has 0 saturated heterocycles. The third-order valence-electron chi connectivity index (χ3n) is 1.52. The zero-order valence-corrected chi connectivity index (χ0v) is 6.21. The molecule has 0 aromatic heterocycles. The molecule has 13 heavy (non-hydrogen) atoms. The summed E-state index contributed by atoms with van der Waals surface area (Å²) >= 11 is 0. The van der Waals surface area contributed by atoms with E-state index in [4.69, 9.17) is 0 Å². The zero-order valence-electron chi connectivity index (χ0n) is 6.21. The van der Waals surface area contributed by atoms with Crippen LogP contribution in [0, 0.1) is 0 Å². The van der Waals surface area contributed by atoms with E-state index in [9.17, 15) is 13.6 Å². The molecule has 3 nitrogen and oxygen atoms in total. The van der Waals surface area contributed by atoms with Crippen LogP contribution in [0.15, 0.2) is 18.2 Å². The van der Waals surface area contributed by atoms with Crippen LogP contribution in [0.1, 0.15) is 5.56 Å². The van der Waals surface area contributed by atoms with Crippen molar-refractivity contribution in [2.75, 3.05) is 0 Å². The number of hydrogen-bond donors (Lipinski definition) is 0. The molecule has 0 amide bonds. The van der Waals surface area contributed by atoms with E-state index < -0.39 is 6.29 Å². The van der Waals surface area contributed by atoms with Gasteiger partial charge in [-0.05, 0) is 18.2 Å². The van der Waals surface area contributed by atoms with Crippen LogP contribution in [0.25, 0.3) is 0 Å². The highest BCUT2D eigenvalue weighted by molar-refractivity contribution is 5.77. The van der Waals surface area contributed by atoms with Gasteiger partial charge in [-0.25, -0.2) is 0 Å². The van der Waals surface area contributed by atoms with E-state index in [2.05, 4.69) is 9.47 Å². The first-order valence-corrected chi connectivity index (χ1v) is 3.39. The number of halogens is 2. The fourth-order valence-electron chi connectivity index (χ4n) is 1.01. The second-order valence-electron chi connectivity index (χ2n) is 2.43. The number of ether oxygens (including phenoxy) is 2. The Hall–Kier alpha value is -1.65. The summed E-state index contributed by atoms with van der Waals surface area (Å²) in [6.07, 6.45) is -2.08. The topological polar surface area (TPSA) is 35.5 Å². The highest BCUT2D eigenvalue weighted by Gasteiger charge is 2.43. The van der Waals surface area contributed by atoms with E-state index in [1.807, 2.05) is 0 Å². The Morgan fingerprint density at radius 2 is 1.92 bits per heavy atom. The van der Waals surface area contributed by atoms with Gasteiger partial charge < -0.3 is 9.47 Å². The Bertz CT molecular complexity index is 362. The smallest absolute Gasteiger partial charge is 0.395 e. The molecule has 0 unspecified atom stereocenters. The lowest BCUT2D eigenvalue weighted by Gasteiger charge is -2.04. The van der Waals surface area contributed by atoms with Crippen molar-refractivity contribution >= 4 is 6.29 Å². The lowest BCUT2D eigenvalue weighted by Crippen LogP contribution is -2.25. The van der Waals surface area contributed by atoms with E-state index in [1.165, 1.54) is 12.1 Å². The monoisotopic (exact) mass is 185 g/mol. The number of rotatable bonds is 1. The first kappa shape index (κ1) is 7.97. The molecular formula is C8H3F2O3. The molecule has 67 valence electrons. The highest BCUT2D eigenvalue weighted by atomic mass is 19.3. The lowest BCUT2D eigenvalue weighted by molar-refractivity contribution is -0.286. The van der Waals surface area contributed by atoms with E-state index in [1.54, 1.807) is 6.29 Å². The zero-order chi connectivity index (χ0) is 9.47. The molecule has 1 heterocycles. The van der Waals surface area contributed by atoms with Gasteiger partial charge in [0, 0.05) is 5.56 Å². The first-order chi connectivity index (χ1) is 6.11. The van der Waals surface area contributed by atoms with E-state index in [-0.39, 0.29) is 17.1 Å². The quantitative estimate of drug-likeness (QED) is 0.664.